The van der Waals surface area contributed by atoms with Crippen molar-refractivity contribution in [3.63, 3.8) is 0 Å². The van der Waals surface area contributed by atoms with Crippen LogP contribution in [0.25, 0.3) is 0 Å². The van der Waals surface area contributed by atoms with Crippen LogP contribution in [-0.2, 0) is 0 Å². The van der Waals surface area contributed by atoms with Gasteiger partial charge in [0.2, 0.25) is 0 Å². The quantitative estimate of drug-likeness (QED) is 0.303. The van der Waals surface area contributed by atoms with Gasteiger partial charge in [-0.1, -0.05) is 48.5 Å². The van der Waals surface area contributed by atoms with Crippen molar-refractivity contribution < 1.29 is 0 Å². The first-order valence-electron chi connectivity index (χ1n) is 9.61. The molecule has 0 N–H and O–H groups in total. The van der Waals surface area contributed by atoms with Gasteiger partial charge in [0.15, 0.2) is 14.8 Å². The first-order valence-corrected chi connectivity index (χ1v) is 17.8. The second-order valence-corrected chi connectivity index (χ2v) is 22.5. The fraction of sp³-hybridized carbons (Fsp3) is 0.636. The van der Waals surface area contributed by atoms with Gasteiger partial charge in [-0.25, -0.2) is 0 Å². The summed E-state index contributed by atoms with van der Waals surface area (Å²) in [7, 11) is -3.15. The van der Waals surface area contributed by atoms with E-state index in [0.29, 0.717) is 11.1 Å². The van der Waals surface area contributed by atoms with E-state index in [0.717, 1.165) is 0 Å². The Kier molecular flexibility index (Phi) is 7.52. The Balaban J connectivity index is 0.000000260. The minimum atomic E-state index is -1.58. The fourth-order valence-corrected chi connectivity index (χ4v) is 11.7. The Morgan fingerprint density at radius 3 is 0.692 bits per heavy atom. The lowest BCUT2D eigenvalue weighted by Crippen LogP contribution is -2.25. The van der Waals surface area contributed by atoms with Gasteiger partial charge in [-0.15, -0.1) is 0 Å². The number of hydrogen-bond acceptors (Lipinski definition) is 0. The van der Waals surface area contributed by atoms with E-state index in [2.05, 4.69) is 81.6 Å². The van der Waals surface area contributed by atoms with Crippen LogP contribution in [0.2, 0.25) is 37.3 Å². The summed E-state index contributed by atoms with van der Waals surface area (Å²) in [6.45, 7) is 26.7. The molecule has 0 aromatic carbocycles. The molecule has 4 heteroatoms. The summed E-state index contributed by atoms with van der Waals surface area (Å²) in [4.78, 5) is 0. The molecule has 0 aromatic rings. The average Bonchev–Trinajstić information content (AvgIpc) is 2.79. The largest absolute Gasteiger partial charge is 0.167 e. The summed E-state index contributed by atoms with van der Waals surface area (Å²) in [6, 6.07) is 0. The van der Waals surface area contributed by atoms with Crippen LogP contribution >= 0.6 is 22.2 Å². The fourth-order valence-electron chi connectivity index (χ4n) is 4.76. The summed E-state index contributed by atoms with van der Waals surface area (Å²) in [6.07, 6.45) is 0. The van der Waals surface area contributed by atoms with Gasteiger partial charge in [0.1, 0.15) is 0 Å². The number of rotatable bonds is 2. The van der Waals surface area contributed by atoms with Gasteiger partial charge in [0.25, 0.3) is 0 Å². The first kappa shape index (κ1) is 24.0. The van der Waals surface area contributed by atoms with Crippen LogP contribution in [0.3, 0.4) is 0 Å². The van der Waals surface area contributed by atoms with Gasteiger partial charge in [0.05, 0.1) is 0 Å². The molecular weight excluding hydrogens is 391 g/mol. The molecule has 0 bridgehead atoms. The Hall–Kier alpha value is -0.0262. The highest BCUT2D eigenvalue weighted by molar-refractivity contribution is 7.20. The highest BCUT2D eigenvalue weighted by Crippen LogP contribution is 2.48. The smallest absolute Gasteiger partial charge is 0.161 e. The molecule has 0 atom stereocenters. The van der Waals surface area contributed by atoms with Crippen molar-refractivity contribution in [2.75, 3.05) is 0 Å². The van der Waals surface area contributed by atoms with Crippen LogP contribution in [0.15, 0.2) is 44.6 Å². The normalized spacial score (nSPS) is 20.5. The van der Waals surface area contributed by atoms with E-state index in [9.17, 15) is 0 Å². The monoisotopic (exact) mass is 428 g/mol. The zero-order valence-corrected chi connectivity index (χ0v) is 22.4. The van der Waals surface area contributed by atoms with Gasteiger partial charge in [-0.3, -0.25) is 0 Å². The molecule has 0 aliphatic heterocycles. The topological polar surface area (TPSA) is 0 Å². The highest BCUT2D eigenvalue weighted by Gasteiger charge is 2.38. The van der Waals surface area contributed by atoms with Crippen molar-refractivity contribution in [1.82, 2.24) is 0 Å². The molecule has 0 spiro atoms. The van der Waals surface area contributed by atoms with Crippen LogP contribution in [0, 0.1) is 0 Å². The molecule has 148 valence electrons. The maximum absolute atomic E-state index is 6.53. The van der Waals surface area contributed by atoms with Crippen LogP contribution in [-0.4, -0.2) is 14.8 Å². The minimum Gasteiger partial charge on any atom is -0.167 e. The highest BCUT2D eigenvalue weighted by atomic mass is 35.6. The lowest BCUT2D eigenvalue weighted by atomic mass is 10.1. The summed E-state index contributed by atoms with van der Waals surface area (Å²) in [5, 5.41) is 0. The van der Waals surface area contributed by atoms with E-state index >= 15 is 0 Å². The van der Waals surface area contributed by atoms with E-state index in [-0.39, 0.29) is 0 Å². The third-order valence-electron chi connectivity index (χ3n) is 6.60. The zero-order chi connectivity index (χ0) is 20.8. The standard InChI is InChI=1S/2C11H19ClSi/c2*1-7-8(2)10(4)11(9(7)3)13(5,6)12/h2*11H,1-6H3. The van der Waals surface area contributed by atoms with Gasteiger partial charge in [-0.2, -0.15) is 22.2 Å². The lowest BCUT2D eigenvalue weighted by Gasteiger charge is -2.25. The second-order valence-electron chi connectivity index (χ2n) is 9.23. The number of halogens is 2. The number of hydrogen-bond donors (Lipinski definition) is 0. The van der Waals surface area contributed by atoms with Gasteiger partial charge in [0, 0.05) is 11.1 Å². The van der Waals surface area contributed by atoms with Crippen LogP contribution < -0.4 is 0 Å². The second kappa shape index (κ2) is 8.15. The molecule has 0 amide bonds. The molecule has 0 nitrogen and oxygen atoms in total. The van der Waals surface area contributed by atoms with Crippen molar-refractivity contribution in [3.8, 4) is 0 Å². The summed E-state index contributed by atoms with van der Waals surface area (Å²) in [5.41, 5.74) is 13.0. The van der Waals surface area contributed by atoms with Gasteiger partial charge < -0.3 is 0 Å². The van der Waals surface area contributed by atoms with E-state index in [4.69, 9.17) is 22.2 Å². The van der Waals surface area contributed by atoms with E-state index in [1.807, 2.05) is 0 Å². The molecule has 0 saturated heterocycles. The summed E-state index contributed by atoms with van der Waals surface area (Å²) >= 11 is 13.1. The zero-order valence-electron chi connectivity index (χ0n) is 18.9. The molecular formula is C22H38Cl2Si2. The van der Waals surface area contributed by atoms with E-state index in [1.54, 1.807) is 0 Å². The molecule has 0 heterocycles. The lowest BCUT2D eigenvalue weighted by molar-refractivity contribution is 1.09. The number of allylic oxidation sites excluding steroid dienone is 8. The molecule has 26 heavy (non-hydrogen) atoms. The van der Waals surface area contributed by atoms with Crippen LogP contribution in [0.4, 0.5) is 0 Å². The Morgan fingerprint density at radius 1 is 0.462 bits per heavy atom. The maximum atomic E-state index is 6.53. The third-order valence-corrected chi connectivity index (χ3v) is 12.4. The summed E-state index contributed by atoms with van der Waals surface area (Å²) in [5.74, 6) is 0. The van der Waals surface area contributed by atoms with Crippen molar-refractivity contribution >= 4 is 36.9 Å². The van der Waals surface area contributed by atoms with E-state index < -0.39 is 14.8 Å². The SMILES string of the molecule is CC1=C(C)C([Si](C)(C)Cl)C(C)=C1C.CC1=C(C)C([Si](C)(C)Cl)C(C)=C1C. The molecule has 0 radical (unpaired) electrons. The van der Waals surface area contributed by atoms with Gasteiger partial charge in [-0.05, 0) is 77.7 Å². The Morgan fingerprint density at radius 2 is 0.615 bits per heavy atom. The van der Waals surface area contributed by atoms with Crippen molar-refractivity contribution in [1.29, 1.82) is 0 Å². The Bertz CT molecular complexity index is 597. The molecule has 0 unspecified atom stereocenters. The molecule has 2 aliphatic rings. The third kappa shape index (κ3) is 4.68. The minimum absolute atomic E-state index is 0.564. The molecule has 2 rings (SSSR count). The van der Waals surface area contributed by atoms with Gasteiger partial charge >= 0.3 is 0 Å². The molecule has 0 aromatic heterocycles. The van der Waals surface area contributed by atoms with Crippen LogP contribution in [0.1, 0.15) is 55.4 Å². The van der Waals surface area contributed by atoms with Crippen molar-refractivity contribution in [3.05, 3.63) is 44.6 Å². The average molecular weight is 430 g/mol. The van der Waals surface area contributed by atoms with Crippen LogP contribution in [0.5, 0.6) is 0 Å². The predicted molar refractivity (Wildman–Crippen MR) is 128 cm³/mol. The molecule has 0 saturated carbocycles. The molecule has 0 fully saturated rings. The maximum Gasteiger partial charge on any atom is 0.161 e. The van der Waals surface area contributed by atoms with E-state index in [1.165, 1.54) is 44.6 Å². The predicted octanol–water partition coefficient (Wildman–Crippen LogP) is 8.97. The molecule has 2 aliphatic carbocycles. The Labute approximate surface area is 173 Å². The van der Waals surface area contributed by atoms with Crippen molar-refractivity contribution in [2.45, 2.75) is 92.7 Å². The summed E-state index contributed by atoms with van der Waals surface area (Å²) < 4.78 is 0. The first-order chi connectivity index (χ1) is 11.5. The van der Waals surface area contributed by atoms with Crippen molar-refractivity contribution in [2.24, 2.45) is 0 Å².